The quantitative estimate of drug-likeness (QED) is 0.0247. The molecule has 0 fully saturated rings. The molecule has 0 rings (SSSR count). The minimum atomic E-state index is -0.793. The van der Waals surface area contributed by atoms with Crippen LogP contribution in [0.25, 0.3) is 0 Å². The first kappa shape index (κ1) is 55.6. The number of rotatable bonds is 43. The van der Waals surface area contributed by atoms with Gasteiger partial charge in [0.2, 0.25) is 5.91 Å². The summed E-state index contributed by atoms with van der Waals surface area (Å²) < 4.78 is 5.91. The third kappa shape index (κ3) is 40.3. The van der Waals surface area contributed by atoms with Gasteiger partial charge < -0.3 is 20.3 Å². The number of allylic oxidation sites excluding steroid dienone is 10. The maximum Gasteiger partial charge on any atom is 0.306 e. The van der Waals surface area contributed by atoms with Crippen LogP contribution >= 0.6 is 0 Å². The lowest BCUT2D eigenvalue weighted by Gasteiger charge is -2.24. The number of nitrogens with one attached hydrogen (secondary N) is 1. The average Bonchev–Trinajstić information content (AvgIpc) is 3.22. The summed E-state index contributed by atoms with van der Waals surface area (Å²) in [4.78, 5) is 26.1. The Labute approximate surface area is 358 Å². The highest BCUT2D eigenvalue weighted by Crippen LogP contribution is 2.17. The molecule has 6 heteroatoms. The normalized spacial score (nSPS) is 13.8. The van der Waals surface area contributed by atoms with Crippen LogP contribution in [0.5, 0.6) is 0 Å². The van der Waals surface area contributed by atoms with Crippen molar-refractivity contribution >= 4 is 11.9 Å². The Morgan fingerprint density at radius 1 is 0.517 bits per heavy atom. The lowest BCUT2D eigenvalue weighted by molar-refractivity contribution is -0.151. The van der Waals surface area contributed by atoms with Crippen molar-refractivity contribution < 1.29 is 24.5 Å². The van der Waals surface area contributed by atoms with Crippen LogP contribution in [0.1, 0.15) is 233 Å². The van der Waals surface area contributed by atoms with Crippen molar-refractivity contribution in [3.63, 3.8) is 0 Å². The second kappa shape index (κ2) is 45.6. The molecule has 0 saturated heterocycles. The van der Waals surface area contributed by atoms with Gasteiger partial charge >= 0.3 is 5.97 Å². The van der Waals surface area contributed by atoms with Crippen molar-refractivity contribution in [2.75, 3.05) is 6.61 Å². The number of aliphatic hydroxyl groups is 2. The maximum atomic E-state index is 13.2. The fourth-order valence-corrected chi connectivity index (χ4v) is 7.20. The number of esters is 1. The van der Waals surface area contributed by atoms with Gasteiger partial charge in [0.25, 0.3) is 0 Å². The lowest BCUT2D eigenvalue weighted by Crippen LogP contribution is -2.46. The molecule has 3 N–H and O–H groups in total. The molecule has 6 nitrogen and oxygen atoms in total. The van der Waals surface area contributed by atoms with Crippen LogP contribution in [0.4, 0.5) is 0 Å². The molecule has 0 bridgehead atoms. The number of unbranched alkanes of at least 4 members (excludes halogenated alkanes) is 24. The van der Waals surface area contributed by atoms with Crippen molar-refractivity contribution in [2.24, 2.45) is 0 Å². The molecule has 0 radical (unpaired) electrons. The number of aliphatic hydroxyl groups excluding tert-OH is 2. The highest BCUT2D eigenvalue weighted by Gasteiger charge is 2.24. The summed E-state index contributed by atoms with van der Waals surface area (Å²) in [5.74, 6) is -0.510. The topological polar surface area (TPSA) is 95.9 Å². The zero-order chi connectivity index (χ0) is 42.4. The number of ether oxygens (including phenoxy) is 1. The van der Waals surface area contributed by atoms with Crippen molar-refractivity contribution in [3.05, 3.63) is 60.8 Å². The van der Waals surface area contributed by atoms with Crippen molar-refractivity contribution in [2.45, 2.75) is 251 Å². The Balaban J connectivity index is 4.65. The lowest BCUT2D eigenvalue weighted by atomic mass is 10.0. The van der Waals surface area contributed by atoms with Crippen LogP contribution in [-0.4, -0.2) is 46.9 Å². The van der Waals surface area contributed by atoms with Crippen molar-refractivity contribution in [1.82, 2.24) is 5.32 Å². The van der Waals surface area contributed by atoms with E-state index in [1.165, 1.54) is 96.3 Å². The molecule has 0 aromatic rings. The second-order valence-electron chi connectivity index (χ2n) is 16.6. The number of hydrogen-bond acceptors (Lipinski definition) is 5. The molecule has 0 aliphatic rings. The first-order chi connectivity index (χ1) is 28.5. The summed E-state index contributed by atoms with van der Waals surface area (Å²) >= 11 is 0. The fraction of sp³-hybridized carbons (Fsp3) is 0.769. The molecule has 0 aromatic heterocycles. The van der Waals surface area contributed by atoms with Crippen LogP contribution in [0.2, 0.25) is 0 Å². The van der Waals surface area contributed by atoms with Gasteiger partial charge in [-0.25, -0.2) is 0 Å². The summed E-state index contributed by atoms with van der Waals surface area (Å²) in [5, 5.41) is 23.6. The van der Waals surface area contributed by atoms with Crippen LogP contribution in [0, 0.1) is 0 Å². The van der Waals surface area contributed by atoms with E-state index in [4.69, 9.17) is 4.74 Å². The van der Waals surface area contributed by atoms with E-state index in [-0.39, 0.29) is 24.9 Å². The number of hydrogen-bond donors (Lipinski definition) is 3. The Bertz CT molecular complexity index is 1050. The standard InChI is InChI=1S/C52H93NO5/c1-4-7-10-13-16-19-21-23-25-27-29-32-34-37-40-43-48(46-51(56)53-49(47-54)50(55)44-41-38-35-31-18-15-12-9-6-3)58-52(57)45-42-39-36-33-30-28-26-24-22-20-17-14-11-8-5-2/h8,11,14,17,20,22-26,48-50,54-55H,4-7,9-10,12-13,15-16,18-19,21,27-47H2,1-3H3,(H,53,56)/b11-8+,17-14+,22-20+,25-23+,26-24-. The molecule has 3 atom stereocenters. The summed E-state index contributed by atoms with van der Waals surface area (Å²) in [6, 6.07) is -0.708. The molecule has 1 amide bonds. The first-order valence-corrected chi connectivity index (χ1v) is 24.6. The number of amides is 1. The highest BCUT2D eigenvalue weighted by molar-refractivity contribution is 5.77. The third-order valence-corrected chi connectivity index (χ3v) is 10.9. The minimum absolute atomic E-state index is 0.0608. The van der Waals surface area contributed by atoms with E-state index in [2.05, 4.69) is 68.6 Å². The minimum Gasteiger partial charge on any atom is -0.462 e. The number of carbonyl (C=O) groups excluding carboxylic acids is 2. The summed E-state index contributed by atoms with van der Waals surface area (Å²) in [5.41, 5.74) is 0. The van der Waals surface area contributed by atoms with Gasteiger partial charge in [-0.15, -0.1) is 0 Å². The average molecular weight is 812 g/mol. The van der Waals surface area contributed by atoms with E-state index in [1.807, 2.05) is 18.2 Å². The molecular weight excluding hydrogens is 719 g/mol. The molecule has 0 saturated carbocycles. The smallest absolute Gasteiger partial charge is 0.306 e. The Kier molecular flexibility index (Phi) is 43.7. The molecule has 0 spiro atoms. The maximum absolute atomic E-state index is 13.2. The monoisotopic (exact) mass is 812 g/mol. The fourth-order valence-electron chi connectivity index (χ4n) is 7.20. The van der Waals surface area contributed by atoms with E-state index in [1.54, 1.807) is 0 Å². The van der Waals surface area contributed by atoms with Crippen molar-refractivity contribution in [1.29, 1.82) is 0 Å². The summed E-state index contributed by atoms with van der Waals surface area (Å²) in [6.45, 7) is 6.31. The largest absolute Gasteiger partial charge is 0.462 e. The molecule has 0 aliphatic carbocycles. The predicted molar refractivity (Wildman–Crippen MR) is 250 cm³/mol. The zero-order valence-electron chi connectivity index (χ0n) is 38.2. The highest BCUT2D eigenvalue weighted by atomic mass is 16.5. The predicted octanol–water partition coefficient (Wildman–Crippen LogP) is 14.5. The van der Waals surface area contributed by atoms with Gasteiger partial charge in [-0.05, 0) is 70.6 Å². The van der Waals surface area contributed by atoms with Gasteiger partial charge in [-0.1, -0.05) is 210 Å². The Morgan fingerprint density at radius 3 is 1.47 bits per heavy atom. The summed E-state index contributed by atoms with van der Waals surface area (Å²) in [6.07, 6.45) is 55.6. The second-order valence-corrected chi connectivity index (χ2v) is 16.6. The van der Waals surface area contributed by atoms with E-state index < -0.39 is 18.2 Å². The van der Waals surface area contributed by atoms with Gasteiger partial charge in [0, 0.05) is 6.42 Å². The SMILES string of the molecule is CC/C=C/C=C/C=C/C=C\CCCCCCCC(=O)OC(CCCCCCC/C=C/CCCCCCCC)CC(=O)NC(CO)C(O)CCCCCCCCCCC. The van der Waals surface area contributed by atoms with E-state index in [0.717, 1.165) is 89.9 Å². The third-order valence-electron chi connectivity index (χ3n) is 10.9. The summed E-state index contributed by atoms with van der Waals surface area (Å²) in [7, 11) is 0. The van der Waals surface area contributed by atoms with Gasteiger partial charge in [0.05, 0.1) is 25.2 Å². The molecule has 58 heavy (non-hydrogen) atoms. The van der Waals surface area contributed by atoms with Gasteiger partial charge in [-0.3, -0.25) is 9.59 Å². The molecule has 0 aliphatic heterocycles. The van der Waals surface area contributed by atoms with Crippen molar-refractivity contribution in [3.8, 4) is 0 Å². The molecule has 336 valence electrons. The Morgan fingerprint density at radius 2 is 0.948 bits per heavy atom. The molecule has 3 unspecified atom stereocenters. The van der Waals surface area contributed by atoms with Gasteiger partial charge in [0.15, 0.2) is 0 Å². The van der Waals surface area contributed by atoms with Crippen LogP contribution in [0.15, 0.2) is 60.8 Å². The Hall–Kier alpha value is -2.44. The van der Waals surface area contributed by atoms with Crippen LogP contribution in [0.3, 0.4) is 0 Å². The molecule has 0 aromatic carbocycles. The molecular formula is C52H93NO5. The van der Waals surface area contributed by atoms with E-state index >= 15 is 0 Å². The van der Waals surface area contributed by atoms with Gasteiger partial charge in [0.1, 0.15) is 6.10 Å². The first-order valence-electron chi connectivity index (χ1n) is 24.6. The van der Waals surface area contributed by atoms with Crippen LogP contribution in [-0.2, 0) is 14.3 Å². The van der Waals surface area contributed by atoms with Gasteiger partial charge in [-0.2, -0.15) is 0 Å². The zero-order valence-corrected chi connectivity index (χ0v) is 38.2. The van der Waals surface area contributed by atoms with E-state index in [9.17, 15) is 19.8 Å². The number of carbonyl (C=O) groups is 2. The van der Waals surface area contributed by atoms with E-state index in [0.29, 0.717) is 19.3 Å². The van der Waals surface area contributed by atoms with Crippen LogP contribution < -0.4 is 5.32 Å². The molecule has 0 heterocycles.